The predicted octanol–water partition coefficient (Wildman–Crippen LogP) is 3.04. The lowest BCUT2D eigenvalue weighted by molar-refractivity contribution is -0.136. The van der Waals surface area contributed by atoms with Gasteiger partial charge in [0.1, 0.15) is 0 Å². The first-order valence-electron chi connectivity index (χ1n) is 10.1. The number of amides is 2. The minimum absolute atomic E-state index is 0.0866. The van der Waals surface area contributed by atoms with Crippen LogP contribution in [-0.2, 0) is 16.1 Å². The van der Waals surface area contributed by atoms with Gasteiger partial charge >= 0.3 is 0 Å². The molecule has 3 saturated carbocycles. The molecule has 0 spiro atoms. The molecule has 0 aromatic heterocycles. The maximum Gasteiger partial charge on any atom is 0.227 e. The molecule has 3 aliphatic carbocycles. The molecule has 140 valence electrons. The van der Waals surface area contributed by atoms with Crippen LogP contribution in [0.4, 0.5) is 5.69 Å². The smallest absolute Gasteiger partial charge is 0.227 e. The van der Waals surface area contributed by atoms with Crippen molar-refractivity contribution in [3.8, 4) is 0 Å². The fourth-order valence-corrected chi connectivity index (χ4v) is 3.93. The van der Waals surface area contributed by atoms with E-state index in [0.29, 0.717) is 6.54 Å². The molecular weight excluding hydrogens is 326 g/mol. The first-order valence-corrected chi connectivity index (χ1v) is 10.1. The Morgan fingerprint density at radius 1 is 0.962 bits per heavy atom. The van der Waals surface area contributed by atoms with E-state index in [1.807, 2.05) is 29.2 Å². The van der Waals surface area contributed by atoms with Crippen LogP contribution in [0.3, 0.4) is 0 Å². The van der Waals surface area contributed by atoms with E-state index < -0.39 is 0 Å². The molecule has 0 radical (unpaired) electrons. The Morgan fingerprint density at radius 2 is 1.62 bits per heavy atom. The van der Waals surface area contributed by atoms with Gasteiger partial charge in [-0.3, -0.25) is 9.59 Å². The van der Waals surface area contributed by atoms with E-state index in [1.54, 1.807) is 0 Å². The van der Waals surface area contributed by atoms with Crippen LogP contribution >= 0.6 is 0 Å². The zero-order chi connectivity index (χ0) is 18.1. The van der Waals surface area contributed by atoms with Gasteiger partial charge in [0.15, 0.2) is 0 Å². The zero-order valence-corrected chi connectivity index (χ0v) is 15.3. The number of nitrogens with one attached hydrogen (secondary N) is 1. The molecule has 2 atom stereocenters. The Balaban J connectivity index is 1.44. The van der Waals surface area contributed by atoms with Crippen molar-refractivity contribution in [3.63, 3.8) is 0 Å². The number of benzene rings is 1. The van der Waals surface area contributed by atoms with Crippen molar-refractivity contribution in [2.45, 2.75) is 70.0 Å². The molecule has 3 fully saturated rings. The first kappa shape index (κ1) is 17.5. The lowest BCUT2D eigenvalue weighted by Gasteiger charge is -2.38. The van der Waals surface area contributed by atoms with Crippen LogP contribution in [0.5, 0.6) is 0 Å². The second kappa shape index (κ2) is 7.39. The fraction of sp³-hybridized carbons (Fsp3) is 0.619. The van der Waals surface area contributed by atoms with Crippen molar-refractivity contribution < 1.29 is 9.59 Å². The third-order valence-corrected chi connectivity index (χ3v) is 5.91. The molecule has 2 amide bonds. The van der Waals surface area contributed by atoms with Gasteiger partial charge in [0.2, 0.25) is 11.8 Å². The van der Waals surface area contributed by atoms with Crippen LogP contribution < -0.4 is 11.1 Å². The summed E-state index contributed by atoms with van der Waals surface area (Å²) in [7, 11) is 0. The van der Waals surface area contributed by atoms with Crippen LogP contribution in [0.1, 0.15) is 56.9 Å². The average molecular weight is 355 g/mol. The second-order valence-corrected chi connectivity index (χ2v) is 8.22. The van der Waals surface area contributed by atoms with Gasteiger partial charge < -0.3 is 16.0 Å². The fourth-order valence-electron chi connectivity index (χ4n) is 3.93. The monoisotopic (exact) mass is 355 g/mol. The predicted molar refractivity (Wildman–Crippen MR) is 101 cm³/mol. The van der Waals surface area contributed by atoms with Gasteiger partial charge in [-0.15, -0.1) is 0 Å². The largest absolute Gasteiger partial charge is 0.334 e. The molecular formula is C21H29N3O2. The molecule has 3 aliphatic rings. The number of nitrogens with two attached hydrogens (primary N) is 1. The van der Waals surface area contributed by atoms with Crippen molar-refractivity contribution in [2.24, 2.45) is 17.6 Å². The summed E-state index contributed by atoms with van der Waals surface area (Å²) in [6, 6.07) is 8.16. The highest BCUT2D eigenvalue weighted by atomic mass is 16.2. The Hall–Kier alpha value is -1.88. The molecule has 0 aliphatic heterocycles. The van der Waals surface area contributed by atoms with Gasteiger partial charge in [-0.25, -0.2) is 0 Å². The molecule has 0 saturated heterocycles. The lowest BCUT2D eigenvalue weighted by Crippen LogP contribution is -2.52. The molecule has 1 aromatic carbocycles. The zero-order valence-electron chi connectivity index (χ0n) is 15.3. The summed E-state index contributed by atoms with van der Waals surface area (Å²) in [5.41, 5.74) is 8.30. The second-order valence-electron chi connectivity index (χ2n) is 8.22. The van der Waals surface area contributed by atoms with E-state index in [9.17, 15) is 9.59 Å². The van der Waals surface area contributed by atoms with Gasteiger partial charge in [0, 0.05) is 36.2 Å². The Morgan fingerprint density at radius 3 is 2.23 bits per heavy atom. The third kappa shape index (κ3) is 4.09. The maximum absolute atomic E-state index is 12.9. The number of carbonyl (C=O) groups is 2. The number of rotatable bonds is 6. The molecule has 3 N–H and O–H groups in total. The van der Waals surface area contributed by atoms with Crippen molar-refractivity contribution in [1.29, 1.82) is 0 Å². The van der Waals surface area contributed by atoms with E-state index in [4.69, 9.17) is 5.73 Å². The van der Waals surface area contributed by atoms with Crippen LogP contribution in [0, 0.1) is 11.8 Å². The van der Waals surface area contributed by atoms with Crippen LogP contribution in [0.25, 0.3) is 0 Å². The van der Waals surface area contributed by atoms with Crippen LogP contribution in [0.2, 0.25) is 0 Å². The highest BCUT2D eigenvalue weighted by Gasteiger charge is 2.38. The quantitative estimate of drug-likeness (QED) is 0.823. The number of nitrogens with zero attached hydrogens (tertiary/aromatic N) is 1. The SMILES string of the molecule is NC1CCCCC1N(Cc1ccc(NC(=O)C2CC2)cc1)C(=O)C1CC1. The molecule has 26 heavy (non-hydrogen) atoms. The summed E-state index contributed by atoms with van der Waals surface area (Å²) in [6.07, 6.45) is 8.37. The topological polar surface area (TPSA) is 75.4 Å². The number of hydrogen-bond donors (Lipinski definition) is 2. The molecule has 0 heterocycles. The van der Waals surface area contributed by atoms with Crippen LogP contribution in [-0.4, -0.2) is 28.8 Å². The Bertz CT molecular complexity index is 664. The molecule has 0 bridgehead atoms. The highest BCUT2D eigenvalue weighted by molar-refractivity contribution is 5.94. The summed E-state index contributed by atoms with van der Waals surface area (Å²) in [4.78, 5) is 26.8. The Kier molecular flexibility index (Phi) is 4.98. The molecule has 1 aromatic rings. The van der Waals surface area contributed by atoms with E-state index in [0.717, 1.165) is 56.2 Å². The molecule has 5 heteroatoms. The molecule has 5 nitrogen and oxygen atoms in total. The summed E-state index contributed by atoms with van der Waals surface area (Å²) in [5.74, 6) is 0.810. The molecule has 4 rings (SSSR count). The maximum atomic E-state index is 12.9. The summed E-state index contributed by atoms with van der Waals surface area (Å²) < 4.78 is 0. The highest BCUT2D eigenvalue weighted by Crippen LogP contribution is 2.34. The standard InChI is InChI=1S/C21H29N3O2/c22-18-3-1-2-4-19(18)24(21(26)16-9-10-16)13-14-5-11-17(12-6-14)23-20(25)15-7-8-15/h5-6,11-12,15-16,18-19H,1-4,7-10,13,22H2,(H,23,25). The minimum atomic E-state index is 0.0866. The Labute approximate surface area is 155 Å². The van der Waals surface area contributed by atoms with Gasteiger partial charge in [0.05, 0.1) is 0 Å². The summed E-state index contributed by atoms with van der Waals surface area (Å²) in [6.45, 7) is 0.616. The summed E-state index contributed by atoms with van der Waals surface area (Å²) >= 11 is 0. The average Bonchev–Trinajstić information content (AvgIpc) is 3.53. The van der Waals surface area contributed by atoms with E-state index in [-0.39, 0.29) is 35.7 Å². The van der Waals surface area contributed by atoms with Crippen molar-refractivity contribution in [3.05, 3.63) is 29.8 Å². The van der Waals surface area contributed by atoms with Crippen molar-refractivity contribution in [1.82, 2.24) is 4.90 Å². The van der Waals surface area contributed by atoms with Crippen molar-refractivity contribution in [2.75, 3.05) is 5.32 Å². The first-order chi connectivity index (χ1) is 12.6. The number of anilines is 1. The number of carbonyl (C=O) groups excluding carboxylic acids is 2. The molecule has 2 unspecified atom stereocenters. The van der Waals surface area contributed by atoms with Gasteiger partial charge in [0.25, 0.3) is 0 Å². The van der Waals surface area contributed by atoms with Crippen LogP contribution in [0.15, 0.2) is 24.3 Å². The third-order valence-electron chi connectivity index (χ3n) is 5.91. The van der Waals surface area contributed by atoms with E-state index >= 15 is 0 Å². The van der Waals surface area contributed by atoms with Gasteiger partial charge in [-0.1, -0.05) is 25.0 Å². The summed E-state index contributed by atoms with van der Waals surface area (Å²) in [5, 5.41) is 2.97. The number of hydrogen-bond acceptors (Lipinski definition) is 3. The lowest BCUT2D eigenvalue weighted by atomic mass is 9.89. The van der Waals surface area contributed by atoms with Crippen molar-refractivity contribution >= 4 is 17.5 Å². The minimum Gasteiger partial charge on any atom is -0.334 e. The van der Waals surface area contributed by atoms with Gasteiger partial charge in [-0.05, 0) is 56.2 Å². The van der Waals surface area contributed by atoms with Gasteiger partial charge in [-0.2, -0.15) is 0 Å². The van der Waals surface area contributed by atoms with E-state index in [2.05, 4.69) is 5.32 Å². The van der Waals surface area contributed by atoms with E-state index in [1.165, 1.54) is 6.42 Å². The normalized spacial score (nSPS) is 25.6.